The summed E-state index contributed by atoms with van der Waals surface area (Å²) in [5, 5.41) is 13.5. The van der Waals surface area contributed by atoms with E-state index in [2.05, 4.69) is 40.5 Å². The third kappa shape index (κ3) is 8.64. The number of nitrogens with one attached hydrogen (secondary N) is 2. The zero-order chi connectivity index (χ0) is 32.0. The maximum Gasteiger partial charge on any atom is 0.573 e. The van der Waals surface area contributed by atoms with Crippen LogP contribution in [0.4, 0.5) is 28.9 Å². The molecule has 0 aliphatic carbocycles. The minimum absolute atomic E-state index is 0.0847. The molecule has 2 saturated heterocycles. The van der Waals surface area contributed by atoms with Gasteiger partial charge >= 0.3 is 6.36 Å². The van der Waals surface area contributed by atoms with Crippen LogP contribution in [0.3, 0.4) is 0 Å². The number of nitrogens with zero attached hydrogens (tertiary/aromatic N) is 7. The lowest BCUT2D eigenvalue weighted by Crippen LogP contribution is -2.44. The number of ether oxygens (including phenoxy) is 2. The molecule has 0 atom stereocenters. The highest BCUT2D eigenvalue weighted by Gasteiger charge is 2.34. The molecule has 3 aromatic rings. The number of alkyl halides is 3. The Morgan fingerprint density at radius 2 is 1.80 bits per heavy atom. The van der Waals surface area contributed by atoms with Crippen molar-refractivity contribution in [3.05, 3.63) is 53.9 Å². The van der Waals surface area contributed by atoms with Crippen molar-refractivity contribution in [1.82, 2.24) is 35.1 Å². The van der Waals surface area contributed by atoms with Crippen molar-refractivity contribution >= 4 is 23.2 Å². The van der Waals surface area contributed by atoms with Gasteiger partial charge < -0.3 is 29.9 Å². The molecule has 2 aliphatic rings. The number of halogens is 4. The van der Waals surface area contributed by atoms with E-state index in [1.54, 1.807) is 18.2 Å². The van der Waals surface area contributed by atoms with E-state index in [1.807, 2.05) is 11.9 Å². The molecule has 1 aromatic carbocycles. The van der Waals surface area contributed by atoms with E-state index >= 15 is 0 Å². The Labute approximate surface area is 256 Å². The van der Waals surface area contributed by atoms with Crippen LogP contribution >= 0.6 is 0 Å². The number of piperazine rings is 1. The molecule has 242 valence electrons. The van der Waals surface area contributed by atoms with Crippen LogP contribution in [0.15, 0.2) is 36.7 Å². The van der Waals surface area contributed by atoms with E-state index in [9.17, 15) is 27.2 Å². The molecule has 5 rings (SSSR count). The van der Waals surface area contributed by atoms with Crippen molar-refractivity contribution in [3.8, 4) is 11.4 Å². The second kappa shape index (κ2) is 14.2. The van der Waals surface area contributed by atoms with Crippen molar-refractivity contribution < 1.29 is 36.6 Å². The summed E-state index contributed by atoms with van der Waals surface area (Å²) < 4.78 is 63.2. The van der Waals surface area contributed by atoms with Gasteiger partial charge in [0.15, 0.2) is 5.69 Å². The highest BCUT2D eigenvalue weighted by atomic mass is 19.4. The number of morpholine rings is 1. The largest absolute Gasteiger partial charge is 0.573 e. The highest BCUT2D eigenvalue weighted by Crippen LogP contribution is 2.32. The lowest BCUT2D eigenvalue weighted by molar-refractivity contribution is -0.274. The van der Waals surface area contributed by atoms with Crippen molar-refractivity contribution in [2.45, 2.75) is 12.8 Å². The van der Waals surface area contributed by atoms with Gasteiger partial charge in [0.1, 0.15) is 11.3 Å². The number of aromatic nitrogens is 4. The lowest BCUT2D eigenvalue weighted by atomic mass is 10.1. The summed E-state index contributed by atoms with van der Waals surface area (Å²) >= 11 is 0. The lowest BCUT2D eigenvalue weighted by Gasteiger charge is -2.35. The molecule has 2 aliphatic heterocycles. The van der Waals surface area contributed by atoms with Crippen molar-refractivity contribution in [1.29, 1.82) is 0 Å². The number of carbonyl (C=O) groups is 2. The quantitative estimate of drug-likeness (QED) is 0.194. The Morgan fingerprint density at radius 3 is 2.53 bits per heavy atom. The fourth-order valence-corrected chi connectivity index (χ4v) is 4.99. The summed E-state index contributed by atoms with van der Waals surface area (Å²) in [5.74, 6) is -3.66. The zero-order valence-corrected chi connectivity index (χ0v) is 24.5. The first-order valence-corrected chi connectivity index (χ1v) is 14.4. The van der Waals surface area contributed by atoms with E-state index in [-0.39, 0.29) is 11.4 Å². The van der Waals surface area contributed by atoms with Gasteiger partial charge in [0, 0.05) is 58.1 Å². The first kappa shape index (κ1) is 32.1. The second-order valence-corrected chi connectivity index (χ2v) is 10.6. The molecule has 45 heavy (non-hydrogen) atoms. The van der Waals surface area contributed by atoms with Gasteiger partial charge in [-0.15, -0.1) is 18.3 Å². The number of likely N-dealkylation sites (N-methyl/N-ethyl adjacent to an activating group) is 1. The van der Waals surface area contributed by atoms with Gasteiger partial charge in [0.05, 0.1) is 36.5 Å². The molecule has 0 unspecified atom stereocenters. The number of hydrogen-bond acceptors (Lipinski definition) is 10. The molecule has 2 fully saturated rings. The molecule has 0 saturated carbocycles. The average molecular weight is 636 g/mol. The third-order valence-electron chi connectivity index (χ3n) is 7.41. The summed E-state index contributed by atoms with van der Waals surface area (Å²) in [6.45, 7) is 7.16. The number of pyridine rings is 1. The summed E-state index contributed by atoms with van der Waals surface area (Å²) in [6, 6.07) is 5.41. The minimum Gasteiger partial charge on any atom is -0.405 e. The SMILES string of the molecule is CN1CCN(c2ccc(-n3cc(C(=O)NCCCN4CCOCC4)nn3)cc2NC(=O)c2cnc(F)cc2OC(F)(F)F)CC1. The summed E-state index contributed by atoms with van der Waals surface area (Å²) in [5.41, 5.74) is 0.741. The van der Waals surface area contributed by atoms with Crippen LogP contribution in [0.25, 0.3) is 5.69 Å². The van der Waals surface area contributed by atoms with Gasteiger partial charge in [0.25, 0.3) is 11.8 Å². The maximum absolute atomic E-state index is 13.7. The van der Waals surface area contributed by atoms with Crippen LogP contribution in [0, 0.1) is 5.95 Å². The predicted octanol–water partition coefficient (Wildman–Crippen LogP) is 2.16. The van der Waals surface area contributed by atoms with E-state index in [0.29, 0.717) is 56.5 Å². The van der Waals surface area contributed by atoms with E-state index in [4.69, 9.17) is 4.74 Å². The van der Waals surface area contributed by atoms with Gasteiger partial charge in [-0.25, -0.2) is 9.67 Å². The Hall–Kier alpha value is -4.35. The van der Waals surface area contributed by atoms with E-state index in [1.165, 1.54) is 10.9 Å². The van der Waals surface area contributed by atoms with Crippen LogP contribution in [0.1, 0.15) is 27.3 Å². The molecular formula is C28H33F4N9O4. The number of benzene rings is 1. The Kier molecular flexibility index (Phi) is 10.1. The minimum atomic E-state index is -5.16. The van der Waals surface area contributed by atoms with Crippen LogP contribution in [0.5, 0.6) is 5.75 Å². The number of hydrogen-bond donors (Lipinski definition) is 2. The standard InChI is InChI=1S/C28H33F4N9O4/c1-38-7-9-40(10-8-38)23-4-3-19(15-21(23)35-26(42)20-17-34-25(29)16-24(20)45-28(30,31)32)41-18-22(36-37-41)27(43)33-5-2-6-39-11-13-44-14-12-39/h3-4,15-18H,2,5-14H2,1H3,(H,33,43)(H,35,42). The van der Waals surface area contributed by atoms with Gasteiger partial charge in [-0.1, -0.05) is 5.21 Å². The van der Waals surface area contributed by atoms with E-state index in [0.717, 1.165) is 39.1 Å². The topological polar surface area (TPSA) is 130 Å². The van der Waals surface area contributed by atoms with E-state index < -0.39 is 35.4 Å². The van der Waals surface area contributed by atoms with Crippen molar-refractivity contribution in [2.24, 2.45) is 0 Å². The Bertz CT molecular complexity index is 1490. The Balaban J connectivity index is 1.33. The molecule has 4 heterocycles. The first-order chi connectivity index (χ1) is 21.6. The zero-order valence-electron chi connectivity index (χ0n) is 24.5. The fraction of sp³-hybridized carbons (Fsp3) is 0.464. The molecule has 13 nitrogen and oxygen atoms in total. The Morgan fingerprint density at radius 1 is 1.04 bits per heavy atom. The summed E-state index contributed by atoms with van der Waals surface area (Å²) in [6.07, 6.45) is -2.29. The van der Waals surface area contributed by atoms with Crippen LogP contribution < -0.4 is 20.3 Å². The van der Waals surface area contributed by atoms with Crippen LogP contribution in [0.2, 0.25) is 0 Å². The van der Waals surface area contributed by atoms with Crippen molar-refractivity contribution in [3.63, 3.8) is 0 Å². The summed E-state index contributed by atoms with van der Waals surface area (Å²) in [4.78, 5) is 35.7. The normalized spacial score (nSPS) is 16.4. The molecule has 17 heteroatoms. The molecule has 0 spiro atoms. The monoisotopic (exact) mass is 635 g/mol. The molecule has 0 radical (unpaired) electrons. The van der Waals surface area contributed by atoms with Gasteiger partial charge in [0.2, 0.25) is 5.95 Å². The van der Waals surface area contributed by atoms with Gasteiger partial charge in [-0.3, -0.25) is 14.5 Å². The van der Waals surface area contributed by atoms with Gasteiger partial charge in [-0.05, 0) is 38.2 Å². The summed E-state index contributed by atoms with van der Waals surface area (Å²) in [7, 11) is 1.98. The maximum atomic E-state index is 13.7. The third-order valence-corrected chi connectivity index (χ3v) is 7.41. The molecule has 2 aromatic heterocycles. The van der Waals surface area contributed by atoms with Crippen LogP contribution in [-0.2, 0) is 4.74 Å². The molecule has 2 amide bonds. The number of rotatable bonds is 10. The molecule has 0 bridgehead atoms. The van der Waals surface area contributed by atoms with Gasteiger partial charge in [-0.2, -0.15) is 4.39 Å². The molecular weight excluding hydrogens is 602 g/mol. The highest BCUT2D eigenvalue weighted by molar-refractivity contribution is 6.07. The second-order valence-electron chi connectivity index (χ2n) is 10.6. The fourth-order valence-electron chi connectivity index (χ4n) is 4.99. The number of carbonyl (C=O) groups excluding carboxylic acids is 2. The smallest absolute Gasteiger partial charge is 0.405 e. The number of amides is 2. The first-order valence-electron chi connectivity index (χ1n) is 14.4. The van der Waals surface area contributed by atoms with Crippen LogP contribution in [-0.4, -0.2) is 121 Å². The predicted molar refractivity (Wildman–Crippen MR) is 154 cm³/mol. The van der Waals surface area contributed by atoms with Crippen molar-refractivity contribution in [2.75, 3.05) is 82.8 Å². The number of anilines is 2. The molecule has 2 N–H and O–H groups in total. The average Bonchev–Trinajstić information content (AvgIpc) is 3.50.